The van der Waals surface area contributed by atoms with E-state index in [0.29, 0.717) is 0 Å². The van der Waals surface area contributed by atoms with Crippen molar-refractivity contribution in [2.24, 2.45) is 0 Å². The van der Waals surface area contributed by atoms with E-state index in [1.54, 1.807) is 0 Å². The van der Waals surface area contributed by atoms with E-state index in [-0.39, 0.29) is 0 Å². The lowest BCUT2D eigenvalue weighted by Crippen LogP contribution is -2.05. The number of rotatable bonds is 0. The van der Waals surface area contributed by atoms with Gasteiger partial charge in [0.25, 0.3) is 0 Å². The van der Waals surface area contributed by atoms with Crippen molar-refractivity contribution in [3.63, 3.8) is 0 Å². The van der Waals surface area contributed by atoms with Gasteiger partial charge in [-0.2, -0.15) is 0 Å². The average molecular weight is 80.1 g/mol. The van der Waals surface area contributed by atoms with Gasteiger partial charge >= 0.3 is 0 Å². The van der Waals surface area contributed by atoms with Crippen molar-refractivity contribution in [1.82, 2.24) is 5.32 Å². The van der Waals surface area contributed by atoms with Crippen LogP contribution in [0, 0.1) is 6.08 Å². The summed E-state index contributed by atoms with van der Waals surface area (Å²) in [5.41, 5.74) is 0. The molecule has 0 atom stereocenters. The number of hydrogen-bond acceptors (Lipinski definition) is 1. The van der Waals surface area contributed by atoms with Crippen LogP contribution >= 0.6 is 0 Å². The van der Waals surface area contributed by atoms with Gasteiger partial charge in [-0.1, -0.05) is 6.08 Å². The maximum absolute atomic E-state index is 2.99. The van der Waals surface area contributed by atoms with Crippen molar-refractivity contribution in [1.29, 1.82) is 0 Å². The molecular formula is C5H6N. The van der Waals surface area contributed by atoms with Crippen LogP contribution < -0.4 is 5.32 Å². The Balaban J connectivity index is 2.46. The van der Waals surface area contributed by atoms with Crippen LogP contribution in [0.4, 0.5) is 0 Å². The van der Waals surface area contributed by atoms with E-state index in [2.05, 4.69) is 11.4 Å². The predicted octanol–water partition coefficient (Wildman–Crippen LogP) is 0.463. The second-order valence-electron chi connectivity index (χ2n) is 1.11. The van der Waals surface area contributed by atoms with Crippen molar-refractivity contribution in [2.45, 2.75) is 0 Å². The third-order valence-corrected chi connectivity index (χ3v) is 0.635. The average Bonchev–Trinajstić information content (AvgIpc) is 1.72. The summed E-state index contributed by atoms with van der Waals surface area (Å²) in [5.74, 6) is 0. The second-order valence-corrected chi connectivity index (χ2v) is 1.11. The SMILES string of the molecule is [C]1=CCNC=C1. The summed E-state index contributed by atoms with van der Waals surface area (Å²) < 4.78 is 0. The summed E-state index contributed by atoms with van der Waals surface area (Å²) in [6, 6.07) is 0. The summed E-state index contributed by atoms with van der Waals surface area (Å²) in [7, 11) is 0. The standard InChI is InChI=1S/C5H6N/c1-2-4-6-5-3-1/h2-4,6H,5H2. The molecule has 1 rings (SSSR count). The molecule has 0 fully saturated rings. The van der Waals surface area contributed by atoms with Gasteiger partial charge in [0.2, 0.25) is 0 Å². The Bertz CT molecular complexity index is 69.9. The number of hydrogen-bond donors (Lipinski definition) is 1. The van der Waals surface area contributed by atoms with Crippen LogP contribution in [0.3, 0.4) is 0 Å². The van der Waals surface area contributed by atoms with Crippen molar-refractivity contribution < 1.29 is 0 Å². The Kier molecular flexibility index (Phi) is 0.955. The Labute approximate surface area is 37.4 Å². The molecule has 0 aromatic carbocycles. The molecule has 0 aromatic rings. The van der Waals surface area contributed by atoms with Crippen molar-refractivity contribution in [3.05, 3.63) is 24.4 Å². The molecule has 1 N–H and O–H groups in total. The van der Waals surface area contributed by atoms with Gasteiger partial charge in [0.15, 0.2) is 0 Å². The molecule has 1 aliphatic heterocycles. The predicted molar refractivity (Wildman–Crippen MR) is 25.0 cm³/mol. The smallest absolute Gasteiger partial charge is 0.0334 e. The fourth-order valence-electron chi connectivity index (χ4n) is 0.361. The molecule has 1 aliphatic rings. The highest BCUT2D eigenvalue weighted by Crippen LogP contribution is 1.77. The van der Waals surface area contributed by atoms with E-state index in [1.165, 1.54) is 0 Å². The largest absolute Gasteiger partial charge is 0.387 e. The van der Waals surface area contributed by atoms with Crippen molar-refractivity contribution in [3.8, 4) is 0 Å². The van der Waals surface area contributed by atoms with Gasteiger partial charge in [-0.15, -0.1) is 0 Å². The highest BCUT2D eigenvalue weighted by molar-refractivity contribution is 5.00. The summed E-state index contributed by atoms with van der Waals surface area (Å²) in [4.78, 5) is 0. The molecule has 31 valence electrons. The minimum atomic E-state index is 0.927. The Morgan fingerprint density at radius 2 is 2.67 bits per heavy atom. The first-order chi connectivity index (χ1) is 3.00. The van der Waals surface area contributed by atoms with E-state index >= 15 is 0 Å². The maximum atomic E-state index is 2.99. The van der Waals surface area contributed by atoms with Crippen LogP contribution in [0.25, 0.3) is 0 Å². The van der Waals surface area contributed by atoms with Gasteiger partial charge in [-0.3, -0.25) is 0 Å². The second kappa shape index (κ2) is 1.65. The van der Waals surface area contributed by atoms with Crippen LogP contribution in [0.2, 0.25) is 0 Å². The molecule has 1 nitrogen and oxygen atoms in total. The zero-order valence-corrected chi connectivity index (χ0v) is 3.44. The highest BCUT2D eigenvalue weighted by atomic mass is 14.8. The summed E-state index contributed by atoms with van der Waals surface area (Å²) >= 11 is 0. The lowest BCUT2D eigenvalue weighted by atomic mass is 10.4. The van der Waals surface area contributed by atoms with E-state index in [9.17, 15) is 0 Å². The number of allylic oxidation sites excluding steroid dienone is 2. The topological polar surface area (TPSA) is 12.0 Å². The molecule has 0 bridgehead atoms. The van der Waals surface area contributed by atoms with Gasteiger partial charge in [0.1, 0.15) is 0 Å². The Morgan fingerprint density at radius 3 is 2.83 bits per heavy atom. The lowest BCUT2D eigenvalue weighted by molar-refractivity contribution is 0.967. The third kappa shape index (κ3) is 0.612. The zero-order valence-electron chi connectivity index (χ0n) is 3.44. The van der Waals surface area contributed by atoms with Gasteiger partial charge in [-0.05, 0) is 18.4 Å². The number of dihydropyridines is 1. The van der Waals surface area contributed by atoms with E-state index in [4.69, 9.17) is 0 Å². The zero-order chi connectivity index (χ0) is 4.24. The first-order valence-corrected chi connectivity index (χ1v) is 1.96. The molecule has 0 amide bonds. The molecule has 1 heteroatoms. The normalized spacial score (nSPS) is 17.3. The van der Waals surface area contributed by atoms with Gasteiger partial charge in [0.05, 0.1) is 0 Å². The Hall–Kier alpha value is -0.720. The van der Waals surface area contributed by atoms with Gasteiger partial charge < -0.3 is 5.32 Å². The molecule has 0 aliphatic carbocycles. The summed E-state index contributed by atoms with van der Waals surface area (Å²) in [6.07, 6.45) is 8.59. The van der Waals surface area contributed by atoms with Crippen LogP contribution in [0.15, 0.2) is 18.4 Å². The van der Waals surface area contributed by atoms with Crippen molar-refractivity contribution >= 4 is 0 Å². The molecule has 6 heavy (non-hydrogen) atoms. The van der Waals surface area contributed by atoms with E-state index in [0.717, 1.165) is 6.54 Å². The number of nitrogens with one attached hydrogen (secondary N) is 1. The molecule has 1 heterocycles. The van der Waals surface area contributed by atoms with Crippen LogP contribution in [0.1, 0.15) is 0 Å². The molecule has 0 aromatic heterocycles. The fourth-order valence-corrected chi connectivity index (χ4v) is 0.361. The van der Waals surface area contributed by atoms with E-state index in [1.807, 2.05) is 18.4 Å². The quantitative estimate of drug-likeness (QED) is 0.446. The summed E-state index contributed by atoms with van der Waals surface area (Å²) in [6.45, 7) is 0.927. The molecular weight excluding hydrogens is 74.1 g/mol. The van der Waals surface area contributed by atoms with Gasteiger partial charge in [-0.25, -0.2) is 0 Å². The third-order valence-electron chi connectivity index (χ3n) is 0.635. The lowest BCUT2D eigenvalue weighted by Gasteiger charge is -1.93. The molecule has 0 saturated carbocycles. The molecule has 0 saturated heterocycles. The monoisotopic (exact) mass is 80.1 g/mol. The fraction of sp³-hybridized carbons (Fsp3) is 0.200. The first kappa shape index (κ1) is 3.47. The van der Waals surface area contributed by atoms with Crippen LogP contribution in [-0.4, -0.2) is 6.54 Å². The Morgan fingerprint density at radius 1 is 1.67 bits per heavy atom. The van der Waals surface area contributed by atoms with Gasteiger partial charge in [0, 0.05) is 6.54 Å². The van der Waals surface area contributed by atoms with Crippen LogP contribution in [-0.2, 0) is 0 Å². The molecule has 1 radical (unpaired) electrons. The van der Waals surface area contributed by atoms with E-state index < -0.39 is 0 Å². The van der Waals surface area contributed by atoms with Crippen LogP contribution in [0.5, 0.6) is 0 Å². The molecule has 0 spiro atoms. The minimum absolute atomic E-state index is 0.927. The summed E-state index contributed by atoms with van der Waals surface area (Å²) in [5, 5.41) is 2.99. The minimum Gasteiger partial charge on any atom is -0.387 e. The maximum Gasteiger partial charge on any atom is 0.0334 e. The highest BCUT2D eigenvalue weighted by Gasteiger charge is 1.74. The first-order valence-electron chi connectivity index (χ1n) is 1.96. The molecule has 0 unspecified atom stereocenters. The van der Waals surface area contributed by atoms with Crippen molar-refractivity contribution in [2.75, 3.05) is 6.54 Å².